The quantitative estimate of drug-likeness (QED) is 0.770. The molecule has 1 N–H and O–H groups in total. The van der Waals surface area contributed by atoms with Gasteiger partial charge in [0.2, 0.25) is 0 Å². The maximum Gasteiger partial charge on any atom is 0.0728 e. The number of rotatable bonds is 5. The number of anilines is 1. The third kappa shape index (κ3) is 3.04. The molecule has 5 rings (SSSR count). The van der Waals surface area contributed by atoms with E-state index in [4.69, 9.17) is 9.72 Å². The van der Waals surface area contributed by atoms with Crippen LogP contribution < -0.4 is 5.32 Å². The summed E-state index contributed by atoms with van der Waals surface area (Å²) in [6, 6.07) is 15.1. The van der Waals surface area contributed by atoms with Crippen LogP contribution in [0.1, 0.15) is 17.0 Å². The normalized spacial score (nSPS) is 17.2. The highest BCUT2D eigenvalue weighted by Gasteiger charge is 2.25. The van der Waals surface area contributed by atoms with Crippen LogP contribution in [-0.2, 0) is 24.2 Å². The minimum Gasteiger partial charge on any atom is -0.377 e. The van der Waals surface area contributed by atoms with E-state index in [9.17, 15) is 0 Å². The molecule has 2 aliphatic heterocycles. The average Bonchev–Trinajstić information content (AvgIpc) is 3.06. The maximum atomic E-state index is 5.27. The number of fused-ring (bicyclic) bond motifs is 2. The summed E-state index contributed by atoms with van der Waals surface area (Å²) in [5.41, 5.74) is 5.98. The van der Waals surface area contributed by atoms with E-state index in [1.807, 2.05) is 12.3 Å². The predicted octanol–water partition coefficient (Wildman–Crippen LogP) is 3.00. The van der Waals surface area contributed by atoms with E-state index in [1.54, 1.807) is 0 Å². The highest BCUT2D eigenvalue weighted by atomic mass is 16.5. The van der Waals surface area contributed by atoms with Crippen molar-refractivity contribution in [2.75, 3.05) is 25.1 Å². The molecule has 0 atom stereocenters. The van der Waals surface area contributed by atoms with Gasteiger partial charge in [-0.1, -0.05) is 24.3 Å². The van der Waals surface area contributed by atoms with Gasteiger partial charge in [-0.15, -0.1) is 0 Å². The Bertz CT molecular complexity index is 938. The number of hydrogen-bond donors (Lipinski definition) is 1. The van der Waals surface area contributed by atoms with Crippen LogP contribution in [0.2, 0.25) is 0 Å². The lowest BCUT2D eigenvalue weighted by Crippen LogP contribution is -2.40. The summed E-state index contributed by atoms with van der Waals surface area (Å²) < 4.78 is 5.27. The van der Waals surface area contributed by atoms with Crippen LogP contribution >= 0.6 is 0 Å². The van der Waals surface area contributed by atoms with Crippen molar-refractivity contribution in [1.82, 2.24) is 14.9 Å². The molecule has 3 aromatic rings. The van der Waals surface area contributed by atoms with Crippen molar-refractivity contribution in [3.05, 3.63) is 65.6 Å². The number of benzene rings is 1. The number of aromatic nitrogens is 2. The fourth-order valence-corrected chi connectivity index (χ4v) is 3.69. The molecule has 0 radical (unpaired) electrons. The second-order valence-electron chi connectivity index (χ2n) is 7.12. The van der Waals surface area contributed by atoms with E-state index >= 15 is 0 Å². The highest BCUT2D eigenvalue weighted by molar-refractivity contribution is 5.78. The molecule has 0 amide bonds. The fraction of sp³-hybridized carbons (Fsp3) is 0.333. The van der Waals surface area contributed by atoms with Crippen molar-refractivity contribution in [3.63, 3.8) is 0 Å². The van der Waals surface area contributed by atoms with Crippen LogP contribution in [0.25, 0.3) is 10.9 Å². The zero-order chi connectivity index (χ0) is 17.3. The first kappa shape index (κ1) is 15.7. The summed E-state index contributed by atoms with van der Waals surface area (Å²) in [4.78, 5) is 11.8. The Hall–Kier alpha value is -2.50. The molecule has 2 aromatic heterocycles. The van der Waals surface area contributed by atoms with Crippen LogP contribution in [0.5, 0.6) is 0 Å². The molecule has 1 saturated heterocycles. The Kier molecular flexibility index (Phi) is 4.03. The summed E-state index contributed by atoms with van der Waals surface area (Å²) in [5.74, 6) is 0. The van der Waals surface area contributed by atoms with E-state index in [0.29, 0.717) is 6.04 Å². The predicted molar refractivity (Wildman–Crippen MR) is 102 cm³/mol. The Morgan fingerprint density at radius 2 is 2.00 bits per heavy atom. The molecule has 132 valence electrons. The second kappa shape index (κ2) is 6.67. The number of para-hydroxylation sites is 1. The SMILES string of the molecule is c1ccc2nc(CCN3Cc4nccc(NC5COC5)c4C3)ccc2c1. The smallest absolute Gasteiger partial charge is 0.0728 e. The van der Waals surface area contributed by atoms with E-state index in [1.165, 1.54) is 22.3 Å². The molecule has 0 unspecified atom stereocenters. The van der Waals surface area contributed by atoms with Gasteiger partial charge in [-0.25, -0.2) is 0 Å². The Balaban J connectivity index is 1.26. The molecular formula is C21H22N4O. The number of hydrogen-bond acceptors (Lipinski definition) is 5. The zero-order valence-corrected chi connectivity index (χ0v) is 14.7. The summed E-state index contributed by atoms with van der Waals surface area (Å²) in [6.45, 7) is 4.46. The first-order valence-electron chi connectivity index (χ1n) is 9.23. The van der Waals surface area contributed by atoms with Gasteiger partial charge < -0.3 is 10.1 Å². The Labute approximate surface area is 153 Å². The largest absolute Gasteiger partial charge is 0.377 e. The summed E-state index contributed by atoms with van der Waals surface area (Å²) >= 11 is 0. The molecule has 0 bridgehead atoms. The van der Waals surface area contributed by atoms with Crippen LogP contribution in [0.3, 0.4) is 0 Å². The van der Waals surface area contributed by atoms with Crippen molar-refractivity contribution in [3.8, 4) is 0 Å². The van der Waals surface area contributed by atoms with Crippen molar-refractivity contribution >= 4 is 16.6 Å². The van der Waals surface area contributed by atoms with Gasteiger partial charge in [-0.05, 0) is 18.2 Å². The number of pyridine rings is 2. The maximum absolute atomic E-state index is 5.27. The summed E-state index contributed by atoms with van der Waals surface area (Å²) in [6.07, 6.45) is 2.87. The molecule has 5 nitrogen and oxygen atoms in total. The first-order chi connectivity index (χ1) is 12.8. The molecule has 1 fully saturated rings. The van der Waals surface area contributed by atoms with Gasteiger partial charge in [-0.3, -0.25) is 14.9 Å². The van der Waals surface area contributed by atoms with Gasteiger partial charge in [0.05, 0.1) is 30.5 Å². The monoisotopic (exact) mass is 346 g/mol. The minimum absolute atomic E-state index is 0.442. The van der Waals surface area contributed by atoms with E-state index in [-0.39, 0.29) is 0 Å². The molecule has 0 aliphatic carbocycles. The van der Waals surface area contributed by atoms with Gasteiger partial charge in [-0.2, -0.15) is 0 Å². The zero-order valence-electron chi connectivity index (χ0n) is 14.7. The Morgan fingerprint density at radius 3 is 2.88 bits per heavy atom. The lowest BCUT2D eigenvalue weighted by molar-refractivity contribution is 0.0210. The van der Waals surface area contributed by atoms with E-state index in [0.717, 1.165) is 50.5 Å². The summed E-state index contributed by atoms with van der Waals surface area (Å²) in [5, 5.41) is 4.79. The van der Waals surface area contributed by atoms with Crippen LogP contribution in [0.4, 0.5) is 5.69 Å². The number of nitrogens with zero attached hydrogens (tertiary/aromatic N) is 3. The number of ether oxygens (including phenoxy) is 1. The Morgan fingerprint density at radius 1 is 1.08 bits per heavy atom. The lowest BCUT2D eigenvalue weighted by atomic mass is 10.1. The van der Waals surface area contributed by atoms with Crippen molar-refractivity contribution < 1.29 is 4.74 Å². The van der Waals surface area contributed by atoms with Gasteiger partial charge in [0, 0.05) is 54.6 Å². The van der Waals surface area contributed by atoms with Crippen molar-refractivity contribution in [1.29, 1.82) is 0 Å². The molecule has 4 heterocycles. The second-order valence-corrected chi connectivity index (χ2v) is 7.12. The fourth-order valence-electron chi connectivity index (χ4n) is 3.69. The first-order valence-corrected chi connectivity index (χ1v) is 9.23. The standard InChI is InChI=1S/C21H22N4O/c1-2-4-19-15(3-1)5-6-16(23-19)8-10-25-11-18-20(24-17-13-26-14-17)7-9-22-21(18)12-25/h1-7,9,17H,8,10-14H2,(H,22,24). The summed E-state index contributed by atoms with van der Waals surface area (Å²) in [7, 11) is 0. The molecule has 26 heavy (non-hydrogen) atoms. The molecular weight excluding hydrogens is 324 g/mol. The molecule has 5 heteroatoms. The van der Waals surface area contributed by atoms with Crippen molar-refractivity contribution in [2.24, 2.45) is 0 Å². The van der Waals surface area contributed by atoms with E-state index in [2.05, 4.69) is 51.6 Å². The lowest BCUT2D eigenvalue weighted by Gasteiger charge is -2.28. The third-order valence-corrected chi connectivity index (χ3v) is 5.24. The van der Waals surface area contributed by atoms with Gasteiger partial charge in [0.25, 0.3) is 0 Å². The number of nitrogens with one attached hydrogen (secondary N) is 1. The van der Waals surface area contributed by atoms with Gasteiger partial charge in [0.1, 0.15) is 0 Å². The third-order valence-electron chi connectivity index (χ3n) is 5.24. The molecule has 2 aliphatic rings. The average molecular weight is 346 g/mol. The molecule has 0 spiro atoms. The van der Waals surface area contributed by atoms with Gasteiger partial charge >= 0.3 is 0 Å². The van der Waals surface area contributed by atoms with Crippen molar-refractivity contribution in [2.45, 2.75) is 25.6 Å². The minimum atomic E-state index is 0.442. The highest BCUT2D eigenvalue weighted by Crippen LogP contribution is 2.28. The van der Waals surface area contributed by atoms with Crippen LogP contribution in [-0.4, -0.2) is 40.7 Å². The van der Waals surface area contributed by atoms with Gasteiger partial charge in [0.15, 0.2) is 0 Å². The van der Waals surface area contributed by atoms with E-state index < -0.39 is 0 Å². The van der Waals surface area contributed by atoms with Crippen LogP contribution in [0.15, 0.2) is 48.7 Å². The topological polar surface area (TPSA) is 50.3 Å². The molecule has 0 saturated carbocycles. The molecule has 1 aromatic carbocycles. The van der Waals surface area contributed by atoms with Crippen LogP contribution in [0, 0.1) is 0 Å².